The van der Waals surface area contributed by atoms with E-state index in [1.54, 1.807) is 0 Å². The predicted octanol–water partition coefficient (Wildman–Crippen LogP) is 2.99. The lowest BCUT2D eigenvalue weighted by Gasteiger charge is -2.12. The van der Waals surface area contributed by atoms with Gasteiger partial charge in [-0.1, -0.05) is 11.6 Å². The van der Waals surface area contributed by atoms with Crippen molar-refractivity contribution in [3.8, 4) is 0 Å². The number of fused-ring (bicyclic) bond motifs is 1. The van der Waals surface area contributed by atoms with Gasteiger partial charge in [0.05, 0.1) is 16.9 Å². The number of nitrogens with zero attached hydrogens (tertiary/aromatic N) is 3. The SMILES string of the molecule is CN(C)CCn1c(CCl)nc2ccc(Cl)cc21. The van der Waals surface area contributed by atoms with Crippen LogP contribution in [0.3, 0.4) is 0 Å². The standard InChI is InChI=1S/C12H15Cl2N3/c1-16(2)5-6-17-11-7-9(14)3-4-10(11)15-12(17)8-13/h3-4,7H,5-6,8H2,1-2H3. The molecule has 2 aromatic rings. The number of hydrogen-bond acceptors (Lipinski definition) is 2. The van der Waals surface area contributed by atoms with Crippen LogP contribution in [0.4, 0.5) is 0 Å². The Labute approximate surface area is 111 Å². The first-order valence-electron chi connectivity index (χ1n) is 5.47. The molecule has 1 aromatic heterocycles. The minimum Gasteiger partial charge on any atom is -0.326 e. The molecule has 0 radical (unpaired) electrons. The molecule has 0 amide bonds. The quantitative estimate of drug-likeness (QED) is 0.798. The number of hydrogen-bond donors (Lipinski definition) is 0. The first-order chi connectivity index (χ1) is 8.11. The molecular formula is C12H15Cl2N3. The maximum absolute atomic E-state index is 6.02. The van der Waals surface area contributed by atoms with Crippen molar-refractivity contribution in [3.05, 3.63) is 29.0 Å². The van der Waals surface area contributed by atoms with E-state index in [-0.39, 0.29) is 0 Å². The molecule has 1 heterocycles. The molecule has 1 aromatic carbocycles. The van der Waals surface area contributed by atoms with Crippen LogP contribution >= 0.6 is 23.2 Å². The van der Waals surface area contributed by atoms with Gasteiger partial charge in [-0.15, -0.1) is 11.6 Å². The van der Waals surface area contributed by atoms with Gasteiger partial charge in [-0.2, -0.15) is 0 Å². The molecule has 3 nitrogen and oxygen atoms in total. The van der Waals surface area contributed by atoms with E-state index < -0.39 is 0 Å². The van der Waals surface area contributed by atoms with Crippen molar-refractivity contribution < 1.29 is 0 Å². The van der Waals surface area contributed by atoms with Crippen LogP contribution in [0.15, 0.2) is 18.2 Å². The van der Waals surface area contributed by atoms with E-state index in [4.69, 9.17) is 23.2 Å². The number of benzene rings is 1. The van der Waals surface area contributed by atoms with E-state index in [1.165, 1.54) is 0 Å². The molecule has 17 heavy (non-hydrogen) atoms. The van der Waals surface area contributed by atoms with Gasteiger partial charge < -0.3 is 9.47 Å². The Hall–Kier alpha value is -0.770. The van der Waals surface area contributed by atoms with Gasteiger partial charge in [0.15, 0.2) is 0 Å². The normalized spacial score (nSPS) is 11.6. The van der Waals surface area contributed by atoms with Crippen LogP contribution in [0, 0.1) is 0 Å². The fourth-order valence-electron chi connectivity index (χ4n) is 1.80. The second-order valence-electron chi connectivity index (χ2n) is 4.25. The highest BCUT2D eigenvalue weighted by Crippen LogP contribution is 2.21. The van der Waals surface area contributed by atoms with Gasteiger partial charge in [0.25, 0.3) is 0 Å². The summed E-state index contributed by atoms with van der Waals surface area (Å²) in [5, 5.41) is 0.727. The van der Waals surface area contributed by atoms with E-state index in [0.29, 0.717) is 5.88 Å². The number of rotatable bonds is 4. The third-order valence-electron chi connectivity index (χ3n) is 2.68. The summed E-state index contributed by atoms with van der Waals surface area (Å²) in [6.07, 6.45) is 0. The highest BCUT2D eigenvalue weighted by Gasteiger charge is 2.10. The molecule has 0 unspecified atom stereocenters. The van der Waals surface area contributed by atoms with Crippen LogP contribution in [-0.4, -0.2) is 35.1 Å². The average molecular weight is 272 g/mol. The number of halogens is 2. The molecule has 2 rings (SSSR count). The molecule has 0 aliphatic carbocycles. The van der Waals surface area contributed by atoms with Gasteiger partial charge in [-0.25, -0.2) is 4.98 Å². The number of likely N-dealkylation sites (N-methyl/N-ethyl adjacent to an activating group) is 1. The smallest absolute Gasteiger partial charge is 0.124 e. The third-order valence-corrected chi connectivity index (χ3v) is 3.15. The Morgan fingerprint density at radius 2 is 2.12 bits per heavy atom. The van der Waals surface area contributed by atoms with Crippen molar-refractivity contribution in [1.82, 2.24) is 14.5 Å². The average Bonchev–Trinajstić information content (AvgIpc) is 2.63. The highest BCUT2D eigenvalue weighted by molar-refractivity contribution is 6.31. The van der Waals surface area contributed by atoms with Crippen molar-refractivity contribution in [2.24, 2.45) is 0 Å². The zero-order valence-electron chi connectivity index (χ0n) is 9.95. The van der Waals surface area contributed by atoms with E-state index in [9.17, 15) is 0 Å². The zero-order chi connectivity index (χ0) is 12.4. The van der Waals surface area contributed by atoms with Crippen molar-refractivity contribution in [3.63, 3.8) is 0 Å². The molecule has 0 aliphatic heterocycles. The molecule has 0 bridgehead atoms. The number of imidazole rings is 1. The van der Waals surface area contributed by atoms with Crippen LogP contribution in [0.5, 0.6) is 0 Å². The third kappa shape index (κ3) is 2.73. The second kappa shape index (κ2) is 5.25. The van der Waals surface area contributed by atoms with E-state index in [1.807, 2.05) is 32.3 Å². The number of aromatic nitrogens is 2. The van der Waals surface area contributed by atoms with Crippen molar-refractivity contribution in [2.75, 3.05) is 20.6 Å². The fraction of sp³-hybridized carbons (Fsp3) is 0.417. The molecule has 0 aliphatic rings. The van der Waals surface area contributed by atoms with Crippen molar-refractivity contribution >= 4 is 34.2 Å². The minimum absolute atomic E-state index is 0.416. The zero-order valence-corrected chi connectivity index (χ0v) is 11.5. The molecule has 0 saturated heterocycles. The van der Waals surface area contributed by atoms with Crippen LogP contribution in [0.1, 0.15) is 5.82 Å². The molecule has 92 valence electrons. The van der Waals surface area contributed by atoms with E-state index in [2.05, 4.69) is 14.5 Å². The van der Waals surface area contributed by atoms with Gasteiger partial charge in [0.1, 0.15) is 5.82 Å². The first kappa shape index (κ1) is 12.7. The Bertz CT molecular complexity index is 520. The Balaban J connectivity index is 2.45. The van der Waals surface area contributed by atoms with E-state index in [0.717, 1.165) is 35.0 Å². The number of alkyl halides is 1. The molecule has 0 fully saturated rings. The Morgan fingerprint density at radius 1 is 1.35 bits per heavy atom. The first-order valence-corrected chi connectivity index (χ1v) is 6.38. The molecular weight excluding hydrogens is 257 g/mol. The monoisotopic (exact) mass is 271 g/mol. The lowest BCUT2D eigenvalue weighted by Crippen LogP contribution is -2.19. The second-order valence-corrected chi connectivity index (χ2v) is 4.95. The fourth-order valence-corrected chi connectivity index (χ4v) is 2.17. The summed E-state index contributed by atoms with van der Waals surface area (Å²) in [7, 11) is 4.10. The lowest BCUT2D eigenvalue weighted by atomic mass is 10.3. The van der Waals surface area contributed by atoms with Gasteiger partial charge in [-0.3, -0.25) is 0 Å². The summed E-state index contributed by atoms with van der Waals surface area (Å²) in [4.78, 5) is 6.64. The minimum atomic E-state index is 0.416. The topological polar surface area (TPSA) is 21.1 Å². The van der Waals surface area contributed by atoms with Gasteiger partial charge in [-0.05, 0) is 32.3 Å². The van der Waals surface area contributed by atoms with E-state index >= 15 is 0 Å². The molecule has 0 N–H and O–H groups in total. The molecule has 0 spiro atoms. The van der Waals surface area contributed by atoms with Crippen molar-refractivity contribution in [2.45, 2.75) is 12.4 Å². The van der Waals surface area contributed by atoms with Crippen LogP contribution in [0.25, 0.3) is 11.0 Å². The van der Waals surface area contributed by atoms with Crippen LogP contribution in [-0.2, 0) is 12.4 Å². The highest BCUT2D eigenvalue weighted by atomic mass is 35.5. The maximum Gasteiger partial charge on any atom is 0.124 e. The summed E-state index contributed by atoms with van der Waals surface area (Å²) in [5.41, 5.74) is 2.00. The Kier molecular flexibility index (Phi) is 3.92. The maximum atomic E-state index is 6.02. The summed E-state index contributed by atoms with van der Waals surface area (Å²) in [6.45, 7) is 1.81. The lowest BCUT2D eigenvalue weighted by molar-refractivity contribution is 0.384. The Morgan fingerprint density at radius 3 is 2.76 bits per heavy atom. The van der Waals surface area contributed by atoms with Crippen LogP contribution < -0.4 is 0 Å². The van der Waals surface area contributed by atoms with Gasteiger partial charge in [0.2, 0.25) is 0 Å². The predicted molar refractivity (Wildman–Crippen MR) is 72.9 cm³/mol. The largest absolute Gasteiger partial charge is 0.326 e. The summed E-state index contributed by atoms with van der Waals surface area (Å²) in [5.74, 6) is 1.31. The van der Waals surface area contributed by atoms with Crippen LogP contribution in [0.2, 0.25) is 5.02 Å². The van der Waals surface area contributed by atoms with Gasteiger partial charge >= 0.3 is 0 Å². The summed E-state index contributed by atoms with van der Waals surface area (Å²) in [6, 6.07) is 5.72. The van der Waals surface area contributed by atoms with Crippen molar-refractivity contribution in [1.29, 1.82) is 0 Å². The summed E-state index contributed by atoms with van der Waals surface area (Å²) >= 11 is 12.0. The molecule has 0 atom stereocenters. The summed E-state index contributed by atoms with van der Waals surface area (Å²) < 4.78 is 2.13. The van der Waals surface area contributed by atoms with Gasteiger partial charge in [0, 0.05) is 18.1 Å². The molecule has 0 saturated carbocycles. The molecule has 5 heteroatoms.